The van der Waals surface area contributed by atoms with Crippen LogP contribution >= 0.6 is 0 Å². The van der Waals surface area contributed by atoms with Gasteiger partial charge in [-0.2, -0.15) is 0 Å². The number of amides is 1. The van der Waals surface area contributed by atoms with Gasteiger partial charge in [0, 0.05) is 32.2 Å². The molecule has 2 aliphatic rings. The normalized spacial score (nSPS) is 18.4. The minimum Gasteiger partial charge on any atom is -0.494 e. The lowest BCUT2D eigenvalue weighted by atomic mass is 10.0. The van der Waals surface area contributed by atoms with Crippen molar-refractivity contribution in [2.45, 2.75) is 51.1 Å². The molecule has 1 amide bonds. The number of hydrogen-bond acceptors (Lipinski definition) is 4. The second-order valence-electron chi connectivity index (χ2n) is 10.8. The average Bonchev–Trinajstić information content (AvgIpc) is 3.39. The molecule has 2 aliphatic heterocycles. The number of hydrogen-bond donors (Lipinski definition) is 1. The Bertz CT molecular complexity index is 1130. The van der Waals surface area contributed by atoms with Crippen molar-refractivity contribution in [3.8, 4) is 16.9 Å². The highest BCUT2D eigenvalue weighted by atomic mass is 16.5. The van der Waals surface area contributed by atoms with Crippen LogP contribution in [0.25, 0.3) is 11.1 Å². The number of ether oxygens (including phenoxy) is 1. The zero-order chi connectivity index (χ0) is 26.0. The molecule has 2 saturated heterocycles. The first-order valence-electron chi connectivity index (χ1n) is 14.3. The van der Waals surface area contributed by atoms with E-state index in [1.807, 2.05) is 18.2 Å². The molecule has 0 spiro atoms. The van der Waals surface area contributed by atoms with Crippen molar-refractivity contribution >= 4 is 5.91 Å². The van der Waals surface area contributed by atoms with E-state index in [1.54, 1.807) is 0 Å². The van der Waals surface area contributed by atoms with Crippen LogP contribution in [0.5, 0.6) is 5.75 Å². The molecule has 2 fully saturated rings. The maximum Gasteiger partial charge on any atom is 0.224 e. The monoisotopic (exact) mass is 511 g/mol. The molecule has 38 heavy (non-hydrogen) atoms. The fourth-order valence-electron chi connectivity index (χ4n) is 5.61. The van der Waals surface area contributed by atoms with E-state index in [-0.39, 0.29) is 11.9 Å². The van der Waals surface area contributed by atoms with Crippen LogP contribution in [-0.4, -0.2) is 61.1 Å². The van der Waals surface area contributed by atoms with Crippen molar-refractivity contribution in [3.63, 3.8) is 0 Å². The molecule has 3 aromatic carbocycles. The van der Waals surface area contributed by atoms with Gasteiger partial charge in [-0.15, -0.1) is 0 Å². The second kappa shape index (κ2) is 13.6. The minimum absolute atomic E-state index is 0.103. The first-order valence-corrected chi connectivity index (χ1v) is 14.3. The van der Waals surface area contributed by atoms with Crippen LogP contribution in [-0.2, 0) is 17.8 Å². The predicted octanol–water partition coefficient (Wildman–Crippen LogP) is 5.54. The molecule has 1 N–H and O–H groups in total. The van der Waals surface area contributed by atoms with Gasteiger partial charge in [0.05, 0.1) is 13.0 Å². The van der Waals surface area contributed by atoms with Gasteiger partial charge >= 0.3 is 0 Å². The Morgan fingerprint density at radius 1 is 0.789 bits per heavy atom. The smallest absolute Gasteiger partial charge is 0.224 e. The Hall–Kier alpha value is -3.15. The number of nitrogens with one attached hydrogen (secondary N) is 1. The number of benzene rings is 3. The molecule has 0 bridgehead atoms. The van der Waals surface area contributed by atoms with Gasteiger partial charge in [0.25, 0.3) is 0 Å². The second-order valence-corrected chi connectivity index (χ2v) is 10.8. The highest BCUT2D eigenvalue weighted by molar-refractivity contribution is 5.79. The topological polar surface area (TPSA) is 44.8 Å². The zero-order valence-electron chi connectivity index (χ0n) is 22.5. The highest BCUT2D eigenvalue weighted by Crippen LogP contribution is 2.20. The Morgan fingerprint density at radius 2 is 1.50 bits per heavy atom. The molecule has 5 heteroatoms. The van der Waals surface area contributed by atoms with E-state index in [2.05, 4.69) is 75.8 Å². The first kappa shape index (κ1) is 26.5. The van der Waals surface area contributed by atoms with Crippen LogP contribution in [0.3, 0.4) is 0 Å². The summed E-state index contributed by atoms with van der Waals surface area (Å²) < 4.78 is 5.97. The SMILES string of the molecule is O=C(Cc1ccc(-c2ccccc2)cc1)N[C@H]1CCN(Cc2ccc(OCCCN3CCCCC3)cc2)C1. The van der Waals surface area contributed by atoms with E-state index in [0.29, 0.717) is 6.42 Å². The quantitative estimate of drug-likeness (QED) is 0.343. The molecule has 0 radical (unpaired) electrons. The van der Waals surface area contributed by atoms with Crippen molar-refractivity contribution in [1.29, 1.82) is 0 Å². The molecule has 0 saturated carbocycles. The maximum absolute atomic E-state index is 12.7. The highest BCUT2D eigenvalue weighted by Gasteiger charge is 2.24. The number of carbonyl (C=O) groups is 1. The molecule has 3 aromatic rings. The summed E-state index contributed by atoms with van der Waals surface area (Å²) >= 11 is 0. The van der Waals surface area contributed by atoms with Gasteiger partial charge in [-0.05, 0) is 73.2 Å². The van der Waals surface area contributed by atoms with Gasteiger partial charge in [0.1, 0.15) is 5.75 Å². The number of piperidine rings is 1. The van der Waals surface area contributed by atoms with Crippen molar-refractivity contribution in [3.05, 3.63) is 90.0 Å². The molecule has 0 unspecified atom stereocenters. The molecule has 1 atom stereocenters. The fourth-order valence-corrected chi connectivity index (χ4v) is 5.61. The van der Waals surface area contributed by atoms with E-state index < -0.39 is 0 Å². The van der Waals surface area contributed by atoms with Gasteiger partial charge in [0.15, 0.2) is 0 Å². The molecule has 200 valence electrons. The lowest BCUT2D eigenvalue weighted by Gasteiger charge is -2.26. The largest absolute Gasteiger partial charge is 0.494 e. The molecule has 5 rings (SSSR count). The van der Waals surface area contributed by atoms with Crippen molar-refractivity contribution in [1.82, 2.24) is 15.1 Å². The summed E-state index contributed by atoms with van der Waals surface area (Å²) in [5.41, 5.74) is 4.70. The summed E-state index contributed by atoms with van der Waals surface area (Å²) in [6.07, 6.45) is 6.58. The van der Waals surface area contributed by atoms with Crippen LogP contribution in [0.1, 0.15) is 43.2 Å². The van der Waals surface area contributed by atoms with E-state index in [4.69, 9.17) is 4.74 Å². The molecule has 5 nitrogen and oxygen atoms in total. The van der Waals surface area contributed by atoms with Gasteiger partial charge in [-0.1, -0.05) is 73.2 Å². The molecule has 0 aliphatic carbocycles. The van der Waals surface area contributed by atoms with E-state index in [0.717, 1.165) is 56.9 Å². The van der Waals surface area contributed by atoms with Crippen molar-refractivity contribution in [2.24, 2.45) is 0 Å². The number of likely N-dealkylation sites (tertiary alicyclic amines) is 2. The molecule has 2 heterocycles. The lowest BCUT2D eigenvalue weighted by Crippen LogP contribution is -2.37. The number of nitrogens with zero attached hydrogens (tertiary/aromatic N) is 2. The predicted molar refractivity (Wildman–Crippen MR) is 154 cm³/mol. The van der Waals surface area contributed by atoms with Gasteiger partial charge in [-0.3, -0.25) is 9.69 Å². The number of carbonyl (C=O) groups excluding carboxylic acids is 1. The van der Waals surface area contributed by atoms with Gasteiger partial charge in [-0.25, -0.2) is 0 Å². The Balaban J connectivity index is 0.997. The third-order valence-electron chi connectivity index (χ3n) is 7.73. The Kier molecular flexibility index (Phi) is 9.46. The Labute approximate surface area is 227 Å². The summed E-state index contributed by atoms with van der Waals surface area (Å²) in [6.45, 7) is 7.23. The van der Waals surface area contributed by atoms with Crippen LogP contribution in [0, 0.1) is 0 Å². The zero-order valence-corrected chi connectivity index (χ0v) is 22.5. The van der Waals surface area contributed by atoms with Crippen LogP contribution in [0.15, 0.2) is 78.9 Å². The minimum atomic E-state index is 0.103. The summed E-state index contributed by atoms with van der Waals surface area (Å²) in [7, 11) is 0. The fraction of sp³-hybridized carbons (Fsp3) is 0.424. The standard InChI is InChI=1S/C33H41N3O2/c37-33(24-27-10-14-30(15-11-27)29-8-3-1-4-9-29)34-31-18-22-36(26-31)25-28-12-16-32(17-13-28)38-23-7-21-35-19-5-2-6-20-35/h1,3-4,8-17,31H,2,5-7,18-26H2,(H,34,37)/t31-/m0/s1. The van der Waals surface area contributed by atoms with E-state index in [9.17, 15) is 4.79 Å². The van der Waals surface area contributed by atoms with Crippen LogP contribution in [0.2, 0.25) is 0 Å². The summed E-state index contributed by atoms with van der Waals surface area (Å²) in [4.78, 5) is 17.7. The van der Waals surface area contributed by atoms with Crippen LogP contribution in [0.4, 0.5) is 0 Å². The first-order chi connectivity index (χ1) is 18.7. The average molecular weight is 512 g/mol. The Morgan fingerprint density at radius 3 is 2.26 bits per heavy atom. The summed E-state index contributed by atoms with van der Waals surface area (Å²) in [6, 6.07) is 27.4. The number of rotatable bonds is 11. The maximum atomic E-state index is 12.7. The summed E-state index contributed by atoms with van der Waals surface area (Å²) in [5.74, 6) is 1.06. The van der Waals surface area contributed by atoms with Crippen molar-refractivity contribution < 1.29 is 9.53 Å². The van der Waals surface area contributed by atoms with Crippen LogP contribution < -0.4 is 10.1 Å². The molecule has 0 aromatic heterocycles. The van der Waals surface area contributed by atoms with E-state index in [1.165, 1.54) is 49.0 Å². The van der Waals surface area contributed by atoms with Gasteiger partial charge in [0.2, 0.25) is 5.91 Å². The van der Waals surface area contributed by atoms with E-state index >= 15 is 0 Å². The van der Waals surface area contributed by atoms with Crippen molar-refractivity contribution in [2.75, 3.05) is 39.3 Å². The summed E-state index contributed by atoms with van der Waals surface area (Å²) in [5, 5.41) is 3.25. The molecular weight excluding hydrogens is 470 g/mol. The van der Waals surface area contributed by atoms with Gasteiger partial charge < -0.3 is 15.0 Å². The lowest BCUT2D eigenvalue weighted by molar-refractivity contribution is -0.121. The third-order valence-corrected chi connectivity index (χ3v) is 7.73. The molecular formula is C33H41N3O2. The third kappa shape index (κ3) is 7.92.